The average Bonchev–Trinajstić information content (AvgIpc) is 2.17. The molecule has 0 aromatic heterocycles. The monoisotopic (exact) mass is 208 g/mol. The van der Waals surface area contributed by atoms with Crippen molar-refractivity contribution in [3.8, 4) is 0 Å². The Balaban J connectivity index is 2.77. The minimum absolute atomic E-state index is 0.157. The molecule has 2 N–H and O–H groups in total. The first-order valence-corrected chi connectivity index (χ1v) is 5.40. The van der Waals surface area contributed by atoms with Crippen LogP contribution in [-0.2, 0) is 0 Å². The molecule has 0 spiro atoms. The summed E-state index contributed by atoms with van der Waals surface area (Å²) in [5.74, 6) is 0.285. The Morgan fingerprint density at radius 1 is 1.27 bits per heavy atom. The molecule has 0 heterocycles. The van der Waals surface area contributed by atoms with Gasteiger partial charge in [-0.25, -0.2) is 0 Å². The second-order valence-electron chi connectivity index (χ2n) is 4.33. The van der Waals surface area contributed by atoms with Crippen LogP contribution in [0.15, 0.2) is 18.2 Å². The molecule has 2 atom stereocenters. The minimum atomic E-state index is -0.610. The summed E-state index contributed by atoms with van der Waals surface area (Å²) >= 11 is 0. The highest BCUT2D eigenvalue weighted by Crippen LogP contribution is 2.24. The Bertz CT molecular complexity index is 320. The molecule has 15 heavy (non-hydrogen) atoms. The normalized spacial score (nSPS) is 15.0. The molecule has 0 fully saturated rings. The highest BCUT2D eigenvalue weighted by molar-refractivity contribution is 5.32. The van der Waals surface area contributed by atoms with E-state index in [0.29, 0.717) is 6.42 Å². The zero-order valence-corrected chi connectivity index (χ0v) is 9.70. The Morgan fingerprint density at radius 2 is 1.93 bits per heavy atom. The van der Waals surface area contributed by atoms with E-state index in [1.54, 1.807) is 0 Å². The number of aryl methyl sites for hydroxylation is 2. The van der Waals surface area contributed by atoms with E-state index in [9.17, 15) is 5.11 Å². The Morgan fingerprint density at radius 3 is 2.47 bits per heavy atom. The third-order valence-corrected chi connectivity index (χ3v) is 2.79. The first kappa shape index (κ1) is 12.2. The predicted molar refractivity (Wildman–Crippen MR) is 62.0 cm³/mol. The maximum atomic E-state index is 9.39. The van der Waals surface area contributed by atoms with Gasteiger partial charge in [0.15, 0.2) is 0 Å². The van der Waals surface area contributed by atoms with Gasteiger partial charge in [0.2, 0.25) is 0 Å². The number of rotatable bonds is 4. The van der Waals surface area contributed by atoms with Gasteiger partial charge in [-0.05, 0) is 37.3 Å². The molecule has 2 heteroatoms. The molecule has 0 saturated carbocycles. The van der Waals surface area contributed by atoms with E-state index in [1.807, 2.05) is 0 Å². The van der Waals surface area contributed by atoms with E-state index in [0.717, 1.165) is 0 Å². The molecule has 0 saturated heterocycles. The highest BCUT2D eigenvalue weighted by atomic mass is 16.3. The van der Waals surface area contributed by atoms with Gasteiger partial charge in [0.25, 0.3) is 0 Å². The molecule has 2 nitrogen and oxygen atoms in total. The van der Waals surface area contributed by atoms with Crippen molar-refractivity contribution in [2.45, 2.75) is 39.2 Å². The van der Waals surface area contributed by atoms with E-state index in [2.05, 4.69) is 39.0 Å². The van der Waals surface area contributed by atoms with Crippen LogP contribution in [-0.4, -0.2) is 22.9 Å². The maximum absolute atomic E-state index is 9.39. The minimum Gasteiger partial charge on any atom is -0.394 e. The highest BCUT2D eigenvalue weighted by Gasteiger charge is 2.13. The summed E-state index contributed by atoms with van der Waals surface area (Å²) in [6.45, 7) is 6.08. The van der Waals surface area contributed by atoms with Crippen molar-refractivity contribution >= 4 is 0 Å². The van der Waals surface area contributed by atoms with Crippen LogP contribution < -0.4 is 0 Å². The number of aliphatic hydroxyl groups is 2. The fraction of sp³-hybridized carbons (Fsp3) is 0.538. The largest absolute Gasteiger partial charge is 0.394 e. The van der Waals surface area contributed by atoms with Gasteiger partial charge in [-0.3, -0.25) is 0 Å². The summed E-state index contributed by atoms with van der Waals surface area (Å²) in [5.41, 5.74) is 3.77. The van der Waals surface area contributed by atoms with Crippen LogP contribution >= 0.6 is 0 Å². The third kappa shape index (κ3) is 3.33. The first-order valence-electron chi connectivity index (χ1n) is 5.40. The average molecular weight is 208 g/mol. The van der Waals surface area contributed by atoms with Gasteiger partial charge < -0.3 is 10.2 Å². The molecule has 1 rings (SSSR count). The van der Waals surface area contributed by atoms with Gasteiger partial charge in [-0.2, -0.15) is 0 Å². The van der Waals surface area contributed by atoms with Crippen molar-refractivity contribution in [3.63, 3.8) is 0 Å². The molecular formula is C13H20O2. The fourth-order valence-electron chi connectivity index (χ4n) is 1.99. The van der Waals surface area contributed by atoms with E-state index in [4.69, 9.17) is 5.11 Å². The lowest BCUT2D eigenvalue weighted by atomic mass is 9.91. The third-order valence-electron chi connectivity index (χ3n) is 2.79. The summed E-state index contributed by atoms with van der Waals surface area (Å²) in [6.07, 6.45) is 0.00105. The standard InChI is InChI=1S/C13H20O2/c1-9-4-5-13(10(2)6-9)11(3)7-12(15)8-14/h4-6,11-12,14-15H,7-8H2,1-3H3. The SMILES string of the molecule is Cc1ccc(C(C)CC(O)CO)c(C)c1. The van der Waals surface area contributed by atoms with E-state index in [1.165, 1.54) is 16.7 Å². The molecule has 1 aromatic rings. The van der Waals surface area contributed by atoms with Crippen molar-refractivity contribution in [2.24, 2.45) is 0 Å². The van der Waals surface area contributed by atoms with Gasteiger partial charge in [0.1, 0.15) is 0 Å². The zero-order valence-electron chi connectivity index (χ0n) is 9.70. The molecule has 0 aliphatic heterocycles. The number of aliphatic hydroxyl groups excluding tert-OH is 2. The summed E-state index contributed by atoms with van der Waals surface area (Å²) < 4.78 is 0. The molecule has 0 radical (unpaired) electrons. The quantitative estimate of drug-likeness (QED) is 0.796. The summed E-state index contributed by atoms with van der Waals surface area (Å²) in [7, 11) is 0. The van der Waals surface area contributed by atoms with Gasteiger partial charge in [-0.1, -0.05) is 30.7 Å². The van der Waals surface area contributed by atoms with Crippen molar-refractivity contribution in [1.29, 1.82) is 0 Å². The van der Waals surface area contributed by atoms with Crippen LogP contribution in [0, 0.1) is 13.8 Å². The molecule has 0 aliphatic carbocycles. The molecule has 84 valence electrons. The van der Waals surface area contributed by atoms with E-state index >= 15 is 0 Å². The van der Waals surface area contributed by atoms with Gasteiger partial charge >= 0.3 is 0 Å². The van der Waals surface area contributed by atoms with Gasteiger partial charge in [0.05, 0.1) is 12.7 Å². The van der Waals surface area contributed by atoms with Gasteiger partial charge in [-0.15, -0.1) is 0 Å². The molecule has 2 unspecified atom stereocenters. The van der Waals surface area contributed by atoms with Crippen LogP contribution in [0.4, 0.5) is 0 Å². The number of benzene rings is 1. The van der Waals surface area contributed by atoms with Crippen molar-refractivity contribution in [3.05, 3.63) is 34.9 Å². The van der Waals surface area contributed by atoms with Crippen LogP contribution in [0.3, 0.4) is 0 Å². The van der Waals surface area contributed by atoms with Crippen LogP contribution in [0.5, 0.6) is 0 Å². The second-order valence-corrected chi connectivity index (χ2v) is 4.33. The van der Waals surface area contributed by atoms with E-state index in [-0.39, 0.29) is 12.5 Å². The van der Waals surface area contributed by atoms with Gasteiger partial charge in [0, 0.05) is 0 Å². The van der Waals surface area contributed by atoms with Crippen LogP contribution in [0.1, 0.15) is 36.0 Å². The summed E-state index contributed by atoms with van der Waals surface area (Å²) in [5, 5.41) is 18.2. The molecular weight excluding hydrogens is 188 g/mol. The number of hydrogen-bond acceptors (Lipinski definition) is 2. The Hall–Kier alpha value is -0.860. The topological polar surface area (TPSA) is 40.5 Å². The molecule has 1 aromatic carbocycles. The summed E-state index contributed by atoms with van der Waals surface area (Å²) in [4.78, 5) is 0. The molecule has 0 bridgehead atoms. The van der Waals surface area contributed by atoms with Crippen molar-refractivity contribution in [2.75, 3.05) is 6.61 Å². The Kier molecular flexibility index (Phi) is 4.30. The zero-order chi connectivity index (χ0) is 11.4. The fourth-order valence-corrected chi connectivity index (χ4v) is 1.99. The van der Waals surface area contributed by atoms with E-state index < -0.39 is 6.10 Å². The van der Waals surface area contributed by atoms with Crippen LogP contribution in [0.2, 0.25) is 0 Å². The van der Waals surface area contributed by atoms with Crippen molar-refractivity contribution in [1.82, 2.24) is 0 Å². The first-order chi connectivity index (χ1) is 7.04. The second kappa shape index (κ2) is 5.29. The Labute approximate surface area is 91.6 Å². The predicted octanol–water partition coefficient (Wildman–Crippen LogP) is 2.15. The number of hydrogen-bond donors (Lipinski definition) is 2. The molecule has 0 amide bonds. The molecule has 0 aliphatic rings. The lowest BCUT2D eigenvalue weighted by Crippen LogP contribution is -2.15. The van der Waals surface area contributed by atoms with Crippen LogP contribution in [0.25, 0.3) is 0 Å². The van der Waals surface area contributed by atoms with Crippen molar-refractivity contribution < 1.29 is 10.2 Å². The maximum Gasteiger partial charge on any atom is 0.0776 e. The smallest absolute Gasteiger partial charge is 0.0776 e. The summed E-state index contributed by atoms with van der Waals surface area (Å²) in [6, 6.07) is 6.35. The lowest BCUT2D eigenvalue weighted by molar-refractivity contribution is 0.0835. The lowest BCUT2D eigenvalue weighted by Gasteiger charge is -2.17.